The quantitative estimate of drug-likeness (QED) is 0.0698. The lowest BCUT2D eigenvalue weighted by molar-refractivity contribution is 0.305. The molecule has 212 valence electrons. The molecule has 0 N–H and O–H groups in total. The first-order chi connectivity index (χ1) is 17.1. The SMILES string of the molecule is CCCCCCCCCCCCCCCCCCCCOS(=O)(=O)CCCCCCCCCCF. The summed E-state index contributed by atoms with van der Waals surface area (Å²) in [4.78, 5) is 0. The van der Waals surface area contributed by atoms with Gasteiger partial charge in [-0.1, -0.05) is 155 Å². The van der Waals surface area contributed by atoms with Crippen molar-refractivity contribution >= 4 is 10.1 Å². The van der Waals surface area contributed by atoms with Crippen molar-refractivity contribution in [2.24, 2.45) is 0 Å². The summed E-state index contributed by atoms with van der Waals surface area (Å²) in [6.45, 7) is 2.41. The molecule has 0 fully saturated rings. The van der Waals surface area contributed by atoms with Crippen LogP contribution < -0.4 is 0 Å². The minimum absolute atomic E-state index is 0.147. The lowest BCUT2D eigenvalue weighted by Crippen LogP contribution is -2.11. The number of rotatable bonds is 30. The van der Waals surface area contributed by atoms with E-state index in [0.29, 0.717) is 19.4 Å². The molecule has 0 unspecified atom stereocenters. The normalized spacial score (nSPS) is 11.9. The van der Waals surface area contributed by atoms with Gasteiger partial charge in [0.2, 0.25) is 0 Å². The fourth-order valence-electron chi connectivity index (χ4n) is 4.68. The van der Waals surface area contributed by atoms with E-state index in [2.05, 4.69) is 6.92 Å². The molecular formula is C30H61FO3S. The number of alkyl halides is 1. The Balaban J connectivity index is 3.25. The summed E-state index contributed by atoms with van der Waals surface area (Å²) in [6, 6.07) is 0. The van der Waals surface area contributed by atoms with Gasteiger partial charge in [-0.3, -0.25) is 8.57 Å². The maximum atomic E-state index is 12.0. The lowest BCUT2D eigenvalue weighted by Gasteiger charge is -2.06. The number of hydrogen-bond acceptors (Lipinski definition) is 3. The van der Waals surface area contributed by atoms with Crippen molar-refractivity contribution in [3.05, 3.63) is 0 Å². The summed E-state index contributed by atoms with van der Waals surface area (Å²) in [5, 5.41) is 0. The lowest BCUT2D eigenvalue weighted by atomic mass is 10.0. The van der Waals surface area contributed by atoms with Crippen LogP contribution in [0.5, 0.6) is 0 Å². The van der Waals surface area contributed by atoms with Gasteiger partial charge in [0.15, 0.2) is 0 Å². The summed E-state index contributed by atoms with van der Waals surface area (Å²) in [7, 11) is -3.35. The van der Waals surface area contributed by atoms with Gasteiger partial charge in [0.25, 0.3) is 10.1 Å². The van der Waals surface area contributed by atoms with Crippen molar-refractivity contribution < 1.29 is 17.0 Å². The van der Waals surface area contributed by atoms with Crippen LogP contribution in [0.4, 0.5) is 4.39 Å². The number of halogens is 1. The minimum atomic E-state index is -3.35. The fraction of sp³-hybridized carbons (Fsp3) is 1.00. The predicted molar refractivity (Wildman–Crippen MR) is 151 cm³/mol. The van der Waals surface area contributed by atoms with E-state index in [-0.39, 0.29) is 12.4 Å². The molecule has 0 spiro atoms. The first-order valence-electron chi connectivity index (χ1n) is 15.6. The van der Waals surface area contributed by atoms with E-state index in [1.165, 1.54) is 103 Å². The van der Waals surface area contributed by atoms with E-state index < -0.39 is 10.1 Å². The molecule has 0 amide bonds. The largest absolute Gasteiger partial charge is 0.270 e. The molecule has 0 saturated heterocycles. The molecule has 35 heavy (non-hydrogen) atoms. The van der Waals surface area contributed by atoms with Gasteiger partial charge in [0.05, 0.1) is 19.0 Å². The second kappa shape index (κ2) is 28.4. The summed E-state index contributed by atoms with van der Waals surface area (Å²) < 4.78 is 41.1. The molecular weight excluding hydrogens is 459 g/mol. The van der Waals surface area contributed by atoms with E-state index in [0.717, 1.165) is 51.4 Å². The zero-order valence-electron chi connectivity index (χ0n) is 23.5. The molecule has 0 atom stereocenters. The van der Waals surface area contributed by atoms with Crippen molar-refractivity contribution in [1.29, 1.82) is 0 Å². The molecule has 0 radical (unpaired) electrons. The standard InChI is InChI=1S/C30H61FO3S/c1-2-3-4-5-6-7-8-9-10-11-12-13-14-15-17-20-23-26-29-34-35(32,33)30-27-24-21-18-16-19-22-25-28-31/h2-30H2,1H3. The van der Waals surface area contributed by atoms with Crippen LogP contribution in [0.3, 0.4) is 0 Å². The highest BCUT2D eigenvalue weighted by Gasteiger charge is 2.10. The molecule has 5 heteroatoms. The first-order valence-corrected chi connectivity index (χ1v) is 17.1. The Labute approximate surface area is 219 Å². The third-order valence-corrected chi connectivity index (χ3v) is 8.35. The summed E-state index contributed by atoms with van der Waals surface area (Å²) in [5.41, 5.74) is 0. The van der Waals surface area contributed by atoms with Crippen molar-refractivity contribution in [3.63, 3.8) is 0 Å². The molecule has 0 bridgehead atoms. The van der Waals surface area contributed by atoms with Crippen molar-refractivity contribution in [3.8, 4) is 0 Å². The maximum absolute atomic E-state index is 12.0. The monoisotopic (exact) mass is 520 g/mol. The van der Waals surface area contributed by atoms with Crippen LogP contribution in [0.1, 0.15) is 174 Å². The highest BCUT2D eigenvalue weighted by molar-refractivity contribution is 7.86. The third kappa shape index (κ3) is 30.0. The van der Waals surface area contributed by atoms with Crippen LogP contribution in [-0.4, -0.2) is 27.5 Å². The van der Waals surface area contributed by atoms with Crippen molar-refractivity contribution in [2.75, 3.05) is 19.0 Å². The van der Waals surface area contributed by atoms with Crippen LogP contribution in [-0.2, 0) is 14.3 Å². The molecule has 0 aromatic rings. The van der Waals surface area contributed by atoms with Gasteiger partial charge in [-0.15, -0.1) is 0 Å². The highest BCUT2D eigenvalue weighted by Crippen LogP contribution is 2.15. The third-order valence-electron chi connectivity index (χ3n) is 7.04. The summed E-state index contributed by atoms with van der Waals surface area (Å²) in [5.74, 6) is 0.147. The molecule has 0 aromatic heterocycles. The molecule has 0 heterocycles. The number of hydrogen-bond donors (Lipinski definition) is 0. The van der Waals surface area contributed by atoms with Gasteiger partial charge in [-0.25, -0.2) is 0 Å². The smallest absolute Gasteiger partial charge is 0.267 e. The zero-order valence-corrected chi connectivity index (χ0v) is 24.3. The number of unbranched alkanes of at least 4 members (excludes halogenated alkanes) is 24. The fourth-order valence-corrected chi connectivity index (χ4v) is 5.73. The van der Waals surface area contributed by atoms with Crippen molar-refractivity contribution in [1.82, 2.24) is 0 Å². The molecule has 0 aliphatic carbocycles. The van der Waals surface area contributed by atoms with Gasteiger partial charge in [-0.05, 0) is 19.3 Å². The Morgan fingerprint density at radius 3 is 1.14 bits per heavy atom. The van der Waals surface area contributed by atoms with E-state index in [9.17, 15) is 12.8 Å². The Kier molecular flexibility index (Phi) is 28.3. The van der Waals surface area contributed by atoms with Gasteiger partial charge < -0.3 is 0 Å². The van der Waals surface area contributed by atoms with Crippen LogP contribution in [0, 0.1) is 0 Å². The average Bonchev–Trinajstić information content (AvgIpc) is 2.84. The summed E-state index contributed by atoms with van der Waals surface area (Å²) >= 11 is 0. The topological polar surface area (TPSA) is 43.4 Å². The van der Waals surface area contributed by atoms with E-state index in [1.54, 1.807) is 0 Å². The maximum Gasteiger partial charge on any atom is 0.267 e. The average molecular weight is 521 g/mol. The van der Waals surface area contributed by atoms with Crippen molar-refractivity contribution in [2.45, 2.75) is 174 Å². The molecule has 3 nitrogen and oxygen atoms in total. The van der Waals surface area contributed by atoms with E-state index >= 15 is 0 Å². The summed E-state index contributed by atoms with van der Waals surface area (Å²) in [6.07, 6.45) is 31.6. The van der Waals surface area contributed by atoms with E-state index in [4.69, 9.17) is 4.18 Å². The molecule has 0 aromatic carbocycles. The highest BCUT2D eigenvalue weighted by atomic mass is 32.2. The van der Waals surface area contributed by atoms with E-state index in [1.807, 2.05) is 0 Å². The van der Waals surface area contributed by atoms with Gasteiger partial charge in [0.1, 0.15) is 0 Å². The minimum Gasteiger partial charge on any atom is -0.270 e. The molecule has 0 rings (SSSR count). The Morgan fingerprint density at radius 2 is 0.771 bits per heavy atom. The molecule has 0 saturated carbocycles. The Hall–Kier alpha value is -0.160. The van der Waals surface area contributed by atoms with Crippen LogP contribution >= 0.6 is 0 Å². The second-order valence-electron chi connectivity index (χ2n) is 10.6. The zero-order chi connectivity index (χ0) is 25.7. The molecule has 0 aliphatic heterocycles. The van der Waals surface area contributed by atoms with Gasteiger partial charge >= 0.3 is 0 Å². The second-order valence-corrected chi connectivity index (χ2v) is 12.4. The Morgan fingerprint density at radius 1 is 0.457 bits per heavy atom. The van der Waals surface area contributed by atoms with Crippen LogP contribution in [0.15, 0.2) is 0 Å². The van der Waals surface area contributed by atoms with Crippen LogP contribution in [0.25, 0.3) is 0 Å². The molecule has 0 aliphatic rings. The Bertz CT molecular complexity index is 496. The van der Waals surface area contributed by atoms with Gasteiger partial charge in [0, 0.05) is 0 Å². The predicted octanol–water partition coefficient (Wildman–Crippen LogP) is 10.5. The van der Waals surface area contributed by atoms with Gasteiger partial charge in [-0.2, -0.15) is 8.42 Å². The first kappa shape index (κ1) is 34.8. The van der Waals surface area contributed by atoms with Crippen LogP contribution in [0.2, 0.25) is 0 Å².